The van der Waals surface area contributed by atoms with Gasteiger partial charge in [0.25, 0.3) is 0 Å². The maximum atomic E-state index is 10.8. The summed E-state index contributed by atoms with van der Waals surface area (Å²) in [6.07, 6.45) is 6.16. The number of allylic oxidation sites excluding steroid dienone is 2. The summed E-state index contributed by atoms with van der Waals surface area (Å²) < 4.78 is 0. The monoisotopic (exact) mass is 362 g/mol. The predicted molar refractivity (Wildman–Crippen MR) is 58.4 cm³/mol. The van der Waals surface area contributed by atoms with E-state index in [9.17, 15) is 4.79 Å². The maximum Gasteiger partial charge on any atom is 0.140 e. The SMILES string of the molecule is II.O=C1CC2C=CC1C2. The van der Waals surface area contributed by atoms with Crippen LogP contribution in [0, 0.1) is 11.8 Å². The molecular weight excluding hydrogens is 354 g/mol. The summed E-state index contributed by atoms with van der Waals surface area (Å²) in [6.45, 7) is 0. The molecule has 0 saturated heterocycles. The van der Waals surface area contributed by atoms with Gasteiger partial charge in [0.1, 0.15) is 5.78 Å². The van der Waals surface area contributed by atoms with Crippen LogP contribution in [-0.2, 0) is 4.79 Å². The van der Waals surface area contributed by atoms with E-state index in [1.54, 1.807) is 0 Å². The molecule has 0 amide bonds. The number of carbonyl (C=O) groups is 1. The summed E-state index contributed by atoms with van der Waals surface area (Å²) >= 11 is 4.24. The van der Waals surface area contributed by atoms with E-state index in [2.05, 4.69) is 49.4 Å². The quantitative estimate of drug-likeness (QED) is 0.479. The molecule has 0 aliphatic heterocycles. The second kappa shape index (κ2) is 4.04. The molecule has 3 heteroatoms. The van der Waals surface area contributed by atoms with Crippen molar-refractivity contribution in [1.29, 1.82) is 0 Å². The molecule has 0 N–H and O–H groups in total. The summed E-state index contributed by atoms with van der Waals surface area (Å²) in [6, 6.07) is 0. The third kappa shape index (κ3) is 1.72. The number of hydrogen-bond donors (Lipinski definition) is 0. The fourth-order valence-electron chi connectivity index (χ4n) is 1.57. The Hall–Kier alpha value is 0.870. The summed E-state index contributed by atoms with van der Waals surface area (Å²) in [4.78, 5) is 10.8. The lowest BCUT2D eigenvalue weighted by atomic mass is 10.1. The van der Waals surface area contributed by atoms with Crippen LogP contribution in [0.2, 0.25) is 0 Å². The third-order valence-corrected chi connectivity index (χ3v) is 2.05. The second-order valence-electron chi connectivity index (χ2n) is 2.66. The van der Waals surface area contributed by atoms with Gasteiger partial charge in [0.15, 0.2) is 0 Å². The van der Waals surface area contributed by atoms with Gasteiger partial charge in [-0.15, -0.1) is 0 Å². The lowest BCUT2D eigenvalue weighted by Crippen LogP contribution is -2.02. The van der Waals surface area contributed by atoms with Crippen molar-refractivity contribution in [2.75, 3.05) is 0 Å². The van der Waals surface area contributed by atoms with Crippen molar-refractivity contribution in [2.45, 2.75) is 12.8 Å². The van der Waals surface area contributed by atoms with Gasteiger partial charge in [0.05, 0.1) is 0 Å². The molecule has 2 bridgehead atoms. The largest absolute Gasteiger partial charge is 0.299 e. The summed E-state index contributed by atoms with van der Waals surface area (Å²) in [7, 11) is 0. The summed E-state index contributed by atoms with van der Waals surface area (Å²) in [5.74, 6) is 1.39. The minimum atomic E-state index is 0.319. The number of rotatable bonds is 0. The molecule has 2 atom stereocenters. The first-order chi connectivity index (χ1) is 4.86. The van der Waals surface area contributed by atoms with Crippen LogP contribution in [0.4, 0.5) is 0 Å². The molecule has 0 aromatic rings. The van der Waals surface area contributed by atoms with Gasteiger partial charge in [-0.3, -0.25) is 4.79 Å². The molecule has 1 saturated carbocycles. The van der Waals surface area contributed by atoms with Gasteiger partial charge < -0.3 is 0 Å². The van der Waals surface area contributed by atoms with E-state index in [0.717, 1.165) is 12.8 Å². The van der Waals surface area contributed by atoms with Crippen molar-refractivity contribution >= 4 is 43.0 Å². The average Bonchev–Trinajstić information content (AvgIpc) is 2.52. The lowest BCUT2D eigenvalue weighted by molar-refractivity contribution is -0.119. The molecule has 2 rings (SSSR count). The number of fused-ring (bicyclic) bond motifs is 2. The normalized spacial score (nSPS) is 34.0. The Labute approximate surface area is 84.0 Å². The van der Waals surface area contributed by atoms with Crippen molar-refractivity contribution in [1.82, 2.24) is 0 Å². The first-order valence-corrected chi connectivity index (χ1v) is 9.50. The van der Waals surface area contributed by atoms with Gasteiger partial charge in [-0.1, -0.05) is 12.2 Å². The van der Waals surface area contributed by atoms with Crippen molar-refractivity contribution in [3.8, 4) is 0 Å². The van der Waals surface area contributed by atoms with E-state index in [1.165, 1.54) is 0 Å². The highest BCUT2D eigenvalue weighted by Gasteiger charge is 2.33. The molecule has 0 spiro atoms. The topological polar surface area (TPSA) is 17.1 Å². The Morgan fingerprint density at radius 1 is 1.40 bits per heavy atom. The third-order valence-electron chi connectivity index (χ3n) is 2.05. The van der Waals surface area contributed by atoms with Crippen LogP contribution in [0.3, 0.4) is 0 Å². The fourth-order valence-corrected chi connectivity index (χ4v) is 1.57. The molecule has 2 aliphatic rings. The second-order valence-corrected chi connectivity index (χ2v) is 2.66. The van der Waals surface area contributed by atoms with Crippen LogP contribution in [0.5, 0.6) is 0 Å². The molecule has 0 aromatic heterocycles. The fraction of sp³-hybridized carbons (Fsp3) is 0.571. The molecule has 2 aliphatic carbocycles. The zero-order chi connectivity index (χ0) is 7.56. The number of Topliss-reactive ketones (excluding diaryl/α,β-unsaturated/α-hetero) is 1. The standard InChI is InChI=1S/C7H8O.I2/c8-7-4-5-1-2-6(7)3-5;1-2/h1-2,5-6H,3-4H2;. The number of halogens is 2. The average molecular weight is 362 g/mol. The van der Waals surface area contributed by atoms with E-state index < -0.39 is 0 Å². The lowest BCUT2D eigenvalue weighted by Gasteiger charge is -1.96. The smallest absolute Gasteiger partial charge is 0.140 e. The molecular formula is C7H8I2O. The molecule has 2 unspecified atom stereocenters. The van der Waals surface area contributed by atoms with E-state index in [0.29, 0.717) is 17.6 Å². The van der Waals surface area contributed by atoms with E-state index >= 15 is 0 Å². The Balaban J connectivity index is 0.000000231. The Kier molecular flexibility index (Phi) is 3.62. The highest BCUT2D eigenvalue weighted by atomic mass is 128. The van der Waals surface area contributed by atoms with Crippen molar-refractivity contribution in [2.24, 2.45) is 11.8 Å². The molecule has 10 heavy (non-hydrogen) atoms. The van der Waals surface area contributed by atoms with Gasteiger partial charge in [-0.25, -0.2) is 0 Å². The Morgan fingerprint density at radius 2 is 2.10 bits per heavy atom. The van der Waals surface area contributed by atoms with Crippen LogP contribution in [0.1, 0.15) is 12.8 Å². The van der Waals surface area contributed by atoms with Gasteiger partial charge in [-0.05, 0) is 12.3 Å². The molecule has 0 heterocycles. The van der Waals surface area contributed by atoms with Gasteiger partial charge in [-0.2, -0.15) is 0 Å². The van der Waals surface area contributed by atoms with E-state index in [4.69, 9.17) is 0 Å². The molecule has 56 valence electrons. The molecule has 1 fully saturated rings. The van der Waals surface area contributed by atoms with Crippen LogP contribution in [0.15, 0.2) is 12.2 Å². The molecule has 0 aromatic carbocycles. The van der Waals surface area contributed by atoms with Gasteiger partial charge >= 0.3 is 0 Å². The zero-order valence-electron chi connectivity index (χ0n) is 5.39. The van der Waals surface area contributed by atoms with Crippen molar-refractivity contribution in [3.63, 3.8) is 0 Å². The van der Waals surface area contributed by atoms with Crippen LogP contribution >= 0.6 is 37.2 Å². The number of ketones is 1. The first-order valence-electron chi connectivity index (χ1n) is 3.21. The van der Waals surface area contributed by atoms with Crippen LogP contribution < -0.4 is 0 Å². The number of hydrogen-bond acceptors (Lipinski definition) is 1. The molecule has 1 nitrogen and oxygen atoms in total. The Bertz CT molecular complexity index is 165. The van der Waals surface area contributed by atoms with Crippen LogP contribution in [0.25, 0.3) is 0 Å². The van der Waals surface area contributed by atoms with E-state index in [-0.39, 0.29) is 0 Å². The van der Waals surface area contributed by atoms with Gasteiger partial charge in [0, 0.05) is 49.6 Å². The highest BCUT2D eigenvalue weighted by Crippen LogP contribution is 2.35. The summed E-state index contributed by atoms with van der Waals surface area (Å²) in [5.41, 5.74) is 0. The minimum Gasteiger partial charge on any atom is -0.299 e. The van der Waals surface area contributed by atoms with Crippen LogP contribution in [-0.4, -0.2) is 5.78 Å². The Morgan fingerprint density at radius 3 is 2.30 bits per heavy atom. The van der Waals surface area contributed by atoms with Crippen molar-refractivity contribution < 1.29 is 4.79 Å². The first kappa shape index (κ1) is 8.96. The molecule has 0 radical (unpaired) electrons. The van der Waals surface area contributed by atoms with Gasteiger partial charge in [0.2, 0.25) is 0 Å². The minimum absolute atomic E-state index is 0.319. The highest BCUT2D eigenvalue weighted by molar-refractivity contribution is 15.0. The predicted octanol–water partition coefficient (Wildman–Crippen LogP) is 2.92. The maximum absolute atomic E-state index is 10.8. The number of carbonyl (C=O) groups excluding carboxylic acids is 1. The van der Waals surface area contributed by atoms with E-state index in [1.807, 2.05) is 0 Å². The van der Waals surface area contributed by atoms with Crippen molar-refractivity contribution in [3.05, 3.63) is 12.2 Å². The summed E-state index contributed by atoms with van der Waals surface area (Å²) in [5, 5.41) is 0. The zero-order valence-corrected chi connectivity index (χ0v) is 9.70.